The van der Waals surface area contributed by atoms with E-state index in [4.69, 9.17) is 11.6 Å². The summed E-state index contributed by atoms with van der Waals surface area (Å²) in [5.74, 6) is -0.519. The minimum absolute atomic E-state index is 0.0886. The third-order valence-corrected chi connectivity index (χ3v) is 3.62. The van der Waals surface area contributed by atoms with Crippen LogP contribution in [-0.4, -0.2) is 29.3 Å². The lowest BCUT2D eigenvalue weighted by atomic mass is 10.0. The van der Waals surface area contributed by atoms with Crippen molar-refractivity contribution >= 4 is 17.5 Å². The van der Waals surface area contributed by atoms with Crippen LogP contribution in [0.15, 0.2) is 18.2 Å². The molecule has 1 aromatic carbocycles. The fraction of sp³-hybridized carbons (Fsp3) is 0.462. The highest BCUT2D eigenvalue weighted by molar-refractivity contribution is 6.18. The van der Waals surface area contributed by atoms with Gasteiger partial charge in [0, 0.05) is 12.9 Å². The maximum Gasteiger partial charge on any atom is 0.257 e. The molecule has 0 saturated carbocycles. The first-order valence-corrected chi connectivity index (χ1v) is 5.94. The third kappa shape index (κ3) is 2.78. The molecule has 0 spiro atoms. The molecule has 0 heterocycles. The highest BCUT2D eigenvalue weighted by Crippen LogP contribution is 2.20. The highest BCUT2D eigenvalue weighted by Gasteiger charge is 2.28. The predicted molar refractivity (Wildman–Crippen MR) is 68.0 cm³/mol. The zero-order chi connectivity index (χ0) is 13.2. The Labute approximate surface area is 106 Å². The van der Waals surface area contributed by atoms with Crippen molar-refractivity contribution in [2.24, 2.45) is 0 Å². The summed E-state index contributed by atoms with van der Waals surface area (Å²) in [5.41, 5.74) is 0.0491. The molecule has 0 N–H and O–H groups in total. The van der Waals surface area contributed by atoms with E-state index >= 15 is 0 Å². The quantitative estimate of drug-likeness (QED) is 0.762. The van der Waals surface area contributed by atoms with Crippen LogP contribution in [0.5, 0.6) is 0 Å². The number of hydrogen-bond donors (Lipinski definition) is 0. The fourth-order valence-electron chi connectivity index (χ4n) is 1.36. The lowest BCUT2D eigenvalue weighted by molar-refractivity contribution is 0.0655. The number of carbonyl (C=O) groups excluding carboxylic acids is 1. The molecule has 0 aromatic heterocycles. The lowest BCUT2D eigenvalue weighted by Crippen LogP contribution is -2.46. The lowest BCUT2D eigenvalue weighted by Gasteiger charge is -2.34. The summed E-state index contributed by atoms with van der Waals surface area (Å²) < 4.78 is 13.8. The van der Waals surface area contributed by atoms with Crippen molar-refractivity contribution in [2.45, 2.75) is 26.3 Å². The first-order chi connectivity index (χ1) is 7.81. The normalized spacial score (nSPS) is 11.4. The summed E-state index contributed by atoms with van der Waals surface area (Å²) in [5, 5.41) is 0. The summed E-state index contributed by atoms with van der Waals surface area (Å²) in [6.45, 7) is 5.32. The topological polar surface area (TPSA) is 20.3 Å². The number of amides is 1. The molecule has 0 aliphatic heterocycles. The number of benzene rings is 1. The molecule has 2 nitrogen and oxygen atoms in total. The largest absolute Gasteiger partial charge is 0.335 e. The Bertz CT molecular complexity index is 431. The van der Waals surface area contributed by atoms with Gasteiger partial charge in [-0.15, -0.1) is 11.6 Å². The minimum atomic E-state index is -0.505. The molecule has 1 aromatic rings. The number of carbonyl (C=O) groups is 1. The van der Waals surface area contributed by atoms with Gasteiger partial charge < -0.3 is 4.90 Å². The number of hydrogen-bond acceptors (Lipinski definition) is 1. The van der Waals surface area contributed by atoms with Gasteiger partial charge in [0.2, 0.25) is 0 Å². The van der Waals surface area contributed by atoms with Crippen LogP contribution in [-0.2, 0) is 0 Å². The maximum atomic E-state index is 13.8. The van der Waals surface area contributed by atoms with E-state index in [2.05, 4.69) is 0 Å². The van der Waals surface area contributed by atoms with Gasteiger partial charge in [0.25, 0.3) is 5.91 Å². The second-order valence-corrected chi connectivity index (χ2v) is 5.01. The van der Waals surface area contributed by atoms with Crippen LogP contribution in [0, 0.1) is 12.7 Å². The Morgan fingerprint density at radius 3 is 2.59 bits per heavy atom. The highest BCUT2D eigenvalue weighted by atomic mass is 35.5. The number of halogens is 2. The fourth-order valence-corrected chi connectivity index (χ4v) is 1.54. The average molecular weight is 258 g/mol. The zero-order valence-corrected chi connectivity index (χ0v) is 11.3. The van der Waals surface area contributed by atoms with Gasteiger partial charge in [0.1, 0.15) is 5.82 Å². The van der Waals surface area contributed by atoms with E-state index in [9.17, 15) is 9.18 Å². The van der Waals surface area contributed by atoms with Crippen LogP contribution in [0.4, 0.5) is 4.39 Å². The summed E-state index contributed by atoms with van der Waals surface area (Å²) >= 11 is 5.80. The molecule has 0 radical (unpaired) electrons. The van der Waals surface area contributed by atoms with Crippen molar-refractivity contribution in [3.8, 4) is 0 Å². The van der Waals surface area contributed by atoms with Crippen molar-refractivity contribution in [1.82, 2.24) is 4.90 Å². The van der Waals surface area contributed by atoms with E-state index in [-0.39, 0.29) is 11.5 Å². The Morgan fingerprint density at radius 1 is 1.47 bits per heavy atom. The van der Waals surface area contributed by atoms with E-state index in [1.165, 1.54) is 11.0 Å². The van der Waals surface area contributed by atoms with Gasteiger partial charge in [-0.1, -0.05) is 12.1 Å². The number of nitrogens with zero attached hydrogens (tertiary/aromatic N) is 1. The van der Waals surface area contributed by atoms with Gasteiger partial charge >= 0.3 is 0 Å². The maximum absolute atomic E-state index is 13.8. The Balaban J connectivity index is 3.09. The molecule has 0 aliphatic carbocycles. The number of alkyl halides is 1. The molecule has 1 rings (SSSR count). The predicted octanol–water partition coefficient (Wildman–Crippen LogP) is 3.22. The summed E-state index contributed by atoms with van der Waals surface area (Å²) in [7, 11) is 1.63. The third-order valence-electron chi connectivity index (χ3n) is 2.96. The molecule has 1 amide bonds. The minimum Gasteiger partial charge on any atom is -0.335 e. The van der Waals surface area contributed by atoms with Crippen molar-refractivity contribution in [3.63, 3.8) is 0 Å². The van der Waals surface area contributed by atoms with E-state index in [1.807, 2.05) is 13.8 Å². The summed E-state index contributed by atoms with van der Waals surface area (Å²) in [6.07, 6.45) is 0. The van der Waals surface area contributed by atoms with Crippen LogP contribution in [0.2, 0.25) is 0 Å². The average Bonchev–Trinajstić information content (AvgIpc) is 2.30. The molecule has 0 atom stereocenters. The van der Waals surface area contributed by atoms with Crippen molar-refractivity contribution in [2.75, 3.05) is 12.9 Å². The monoisotopic (exact) mass is 257 g/mol. The number of aryl methyl sites for hydroxylation is 1. The van der Waals surface area contributed by atoms with Crippen LogP contribution >= 0.6 is 11.6 Å². The van der Waals surface area contributed by atoms with E-state index in [0.29, 0.717) is 11.4 Å². The summed E-state index contributed by atoms with van der Waals surface area (Å²) in [6, 6.07) is 4.80. The number of rotatable bonds is 3. The zero-order valence-electron chi connectivity index (χ0n) is 10.6. The second kappa shape index (κ2) is 5.05. The molecule has 17 heavy (non-hydrogen) atoms. The Hall–Kier alpha value is -1.09. The van der Waals surface area contributed by atoms with Gasteiger partial charge in [-0.2, -0.15) is 0 Å². The molecule has 0 aliphatic rings. The van der Waals surface area contributed by atoms with Crippen LogP contribution in [0.25, 0.3) is 0 Å². The molecule has 94 valence electrons. The van der Waals surface area contributed by atoms with E-state index < -0.39 is 11.4 Å². The van der Waals surface area contributed by atoms with Gasteiger partial charge in [0.15, 0.2) is 0 Å². The van der Waals surface area contributed by atoms with Crippen molar-refractivity contribution in [1.29, 1.82) is 0 Å². The van der Waals surface area contributed by atoms with Gasteiger partial charge in [0.05, 0.1) is 11.1 Å². The van der Waals surface area contributed by atoms with E-state index in [1.54, 1.807) is 26.1 Å². The molecule has 0 bridgehead atoms. The van der Waals surface area contributed by atoms with Crippen LogP contribution < -0.4 is 0 Å². The van der Waals surface area contributed by atoms with Gasteiger partial charge in [-0.3, -0.25) is 4.79 Å². The Morgan fingerprint density at radius 2 is 2.06 bits per heavy atom. The summed E-state index contributed by atoms with van der Waals surface area (Å²) in [4.78, 5) is 13.6. The van der Waals surface area contributed by atoms with Crippen LogP contribution in [0.3, 0.4) is 0 Å². The standard InChI is InChI=1S/C13H17ClFNO/c1-9-6-5-7-10(11(9)15)12(17)16(4)13(2,3)8-14/h5-7H,8H2,1-4H3. The Kier molecular flexibility index (Phi) is 4.15. The SMILES string of the molecule is Cc1cccc(C(=O)N(C)C(C)(C)CCl)c1F. The molecular weight excluding hydrogens is 241 g/mol. The molecule has 0 saturated heterocycles. The van der Waals surface area contributed by atoms with Crippen molar-refractivity contribution < 1.29 is 9.18 Å². The second-order valence-electron chi connectivity index (χ2n) is 4.75. The first-order valence-electron chi connectivity index (χ1n) is 5.40. The van der Waals surface area contributed by atoms with Crippen molar-refractivity contribution in [3.05, 3.63) is 35.1 Å². The van der Waals surface area contributed by atoms with E-state index in [0.717, 1.165) is 0 Å². The molecular formula is C13H17ClFNO. The molecule has 0 unspecified atom stereocenters. The smallest absolute Gasteiger partial charge is 0.257 e. The molecule has 0 fully saturated rings. The van der Waals surface area contributed by atoms with Gasteiger partial charge in [-0.25, -0.2) is 4.39 Å². The van der Waals surface area contributed by atoms with Crippen LogP contribution in [0.1, 0.15) is 29.8 Å². The first kappa shape index (κ1) is 14.0. The van der Waals surface area contributed by atoms with Gasteiger partial charge in [-0.05, 0) is 32.4 Å². The molecule has 4 heteroatoms.